The molecule has 8 heteroatoms. The Balaban J connectivity index is 1.34. The van der Waals surface area contributed by atoms with Gasteiger partial charge in [-0.25, -0.2) is 13.9 Å². The molecule has 1 fully saturated rings. The fraction of sp³-hybridized carbons (Fsp3) is 0.368. The van der Waals surface area contributed by atoms with Gasteiger partial charge in [-0.05, 0) is 30.2 Å². The molecule has 0 radical (unpaired) electrons. The van der Waals surface area contributed by atoms with Crippen LogP contribution in [0.15, 0.2) is 42.7 Å². The Morgan fingerprint density at radius 1 is 1.11 bits per heavy atom. The molecule has 1 amide bonds. The monoisotopic (exact) mass is 368 g/mol. The van der Waals surface area contributed by atoms with Gasteiger partial charge in [-0.1, -0.05) is 12.1 Å². The molecule has 3 heterocycles. The number of aromatic nitrogens is 4. The van der Waals surface area contributed by atoms with Crippen molar-refractivity contribution in [1.29, 1.82) is 0 Å². The number of amides is 1. The highest BCUT2D eigenvalue weighted by Gasteiger charge is 2.21. The molecule has 1 saturated heterocycles. The van der Waals surface area contributed by atoms with Gasteiger partial charge in [-0.15, -0.1) is 5.10 Å². The summed E-state index contributed by atoms with van der Waals surface area (Å²) in [5, 5.41) is 4.30. The number of fused-ring (bicyclic) bond motifs is 1. The number of nitrogens with zero attached hydrogens (tertiary/aromatic N) is 6. The molecule has 0 aliphatic carbocycles. The van der Waals surface area contributed by atoms with Gasteiger partial charge >= 0.3 is 0 Å². The van der Waals surface area contributed by atoms with Crippen molar-refractivity contribution in [3.05, 3.63) is 59.9 Å². The number of hydrogen-bond acceptors (Lipinski definition) is 5. The van der Waals surface area contributed by atoms with Crippen LogP contribution in [-0.2, 0) is 17.8 Å². The molecule has 4 rings (SSSR count). The van der Waals surface area contributed by atoms with Crippen molar-refractivity contribution < 1.29 is 9.18 Å². The van der Waals surface area contributed by atoms with Crippen molar-refractivity contribution in [2.45, 2.75) is 19.4 Å². The molecule has 1 aliphatic heterocycles. The van der Waals surface area contributed by atoms with Crippen LogP contribution in [0.2, 0.25) is 0 Å². The van der Waals surface area contributed by atoms with Crippen molar-refractivity contribution in [3.8, 4) is 0 Å². The normalized spacial score (nSPS) is 15.8. The minimum atomic E-state index is -0.220. The van der Waals surface area contributed by atoms with Gasteiger partial charge in [0.25, 0.3) is 5.78 Å². The van der Waals surface area contributed by atoms with Gasteiger partial charge in [0.2, 0.25) is 5.91 Å². The predicted molar refractivity (Wildman–Crippen MR) is 97.4 cm³/mol. The fourth-order valence-corrected chi connectivity index (χ4v) is 3.32. The molecule has 0 bridgehead atoms. The summed E-state index contributed by atoms with van der Waals surface area (Å²) in [6.07, 6.45) is 4.51. The van der Waals surface area contributed by atoms with Crippen molar-refractivity contribution in [2.75, 3.05) is 26.2 Å². The van der Waals surface area contributed by atoms with Crippen LogP contribution in [-0.4, -0.2) is 61.5 Å². The van der Waals surface area contributed by atoms with Crippen molar-refractivity contribution in [3.63, 3.8) is 0 Å². The van der Waals surface area contributed by atoms with E-state index >= 15 is 0 Å². The smallest absolute Gasteiger partial charge is 0.252 e. The van der Waals surface area contributed by atoms with Crippen LogP contribution in [0.4, 0.5) is 4.39 Å². The maximum Gasteiger partial charge on any atom is 0.252 e. The first-order valence-electron chi connectivity index (χ1n) is 9.08. The van der Waals surface area contributed by atoms with E-state index in [9.17, 15) is 9.18 Å². The molecule has 27 heavy (non-hydrogen) atoms. The number of rotatable bonds is 4. The largest absolute Gasteiger partial charge is 0.341 e. The summed E-state index contributed by atoms with van der Waals surface area (Å²) in [7, 11) is 0. The highest BCUT2D eigenvalue weighted by Crippen LogP contribution is 2.11. The first-order valence-corrected chi connectivity index (χ1v) is 9.08. The second-order valence-electron chi connectivity index (χ2n) is 6.71. The molecule has 0 N–H and O–H groups in total. The Morgan fingerprint density at radius 3 is 2.78 bits per heavy atom. The molecule has 0 unspecified atom stereocenters. The van der Waals surface area contributed by atoms with E-state index < -0.39 is 0 Å². The molecule has 0 saturated carbocycles. The zero-order chi connectivity index (χ0) is 18.6. The summed E-state index contributed by atoms with van der Waals surface area (Å²) in [5.74, 6) is 0.810. The predicted octanol–water partition coefficient (Wildman–Crippen LogP) is 1.54. The lowest BCUT2D eigenvalue weighted by Gasteiger charge is -2.21. The Bertz CT molecular complexity index is 892. The van der Waals surface area contributed by atoms with Crippen LogP contribution in [0.3, 0.4) is 0 Å². The molecule has 0 atom stereocenters. The van der Waals surface area contributed by atoms with E-state index in [1.165, 1.54) is 12.1 Å². The van der Waals surface area contributed by atoms with Gasteiger partial charge < -0.3 is 4.90 Å². The van der Waals surface area contributed by atoms with Crippen LogP contribution in [0.25, 0.3) is 5.78 Å². The molecule has 1 aliphatic rings. The summed E-state index contributed by atoms with van der Waals surface area (Å²) >= 11 is 0. The lowest BCUT2D eigenvalue weighted by atomic mass is 10.2. The topological polar surface area (TPSA) is 66.6 Å². The molecule has 7 nitrogen and oxygen atoms in total. The van der Waals surface area contributed by atoms with E-state index in [4.69, 9.17) is 0 Å². The van der Waals surface area contributed by atoms with Crippen LogP contribution < -0.4 is 0 Å². The number of hydrogen-bond donors (Lipinski definition) is 0. The Hall–Kier alpha value is -2.87. The number of benzene rings is 1. The Morgan fingerprint density at radius 2 is 1.96 bits per heavy atom. The fourth-order valence-electron chi connectivity index (χ4n) is 3.32. The molecule has 1 aromatic carbocycles. The number of halogens is 1. The van der Waals surface area contributed by atoms with Gasteiger partial charge in [0, 0.05) is 45.1 Å². The third-order valence-corrected chi connectivity index (χ3v) is 4.73. The second kappa shape index (κ2) is 7.79. The lowest BCUT2D eigenvalue weighted by Crippen LogP contribution is -2.36. The van der Waals surface area contributed by atoms with Crippen LogP contribution in [0, 0.1) is 5.82 Å². The molecule has 3 aromatic rings. The van der Waals surface area contributed by atoms with Gasteiger partial charge in [-0.2, -0.15) is 4.98 Å². The zero-order valence-corrected chi connectivity index (χ0v) is 15.0. The van der Waals surface area contributed by atoms with E-state index in [0.717, 1.165) is 38.2 Å². The van der Waals surface area contributed by atoms with Crippen LogP contribution >= 0.6 is 0 Å². The first kappa shape index (κ1) is 17.5. The van der Waals surface area contributed by atoms with Gasteiger partial charge in [-0.3, -0.25) is 9.69 Å². The average molecular weight is 368 g/mol. The van der Waals surface area contributed by atoms with Crippen molar-refractivity contribution in [2.24, 2.45) is 0 Å². The maximum atomic E-state index is 13.0. The summed E-state index contributed by atoms with van der Waals surface area (Å²) < 4.78 is 14.6. The van der Waals surface area contributed by atoms with Gasteiger partial charge in [0.1, 0.15) is 5.82 Å². The summed E-state index contributed by atoms with van der Waals surface area (Å²) in [5.41, 5.74) is 1.08. The Kier molecular flexibility index (Phi) is 5.06. The summed E-state index contributed by atoms with van der Waals surface area (Å²) in [6, 6.07) is 8.37. The van der Waals surface area contributed by atoms with Crippen molar-refractivity contribution in [1.82, 2.24) is 29.4 Å². The average Bonchev–Trinajstić information content (AvgIpc) is 2.93. The number of carbonyl (C=O) groups excluding carboxylic acids is 1. The third kappa shape index (κ3) is 4.28. The minimum absolute atomic E-state index is 0.0366. The molecular weight excluding hydrogens is 347 g/mol. The molecule has 0 spiro atoms. The van der Waals surface area contributed by atoms with E-state index in [1.807, 2.05) is 17.0 Å². The maximum absolute atomic E-state index is 13.0. The highest BCUT2D eigenvalue weighted by molar-refractivity contribution is 5.78. The van der Waals surface area contributed by atoms with E-state index in [1.54, 1.807) is 23.0 Å². The highest BCUT2D eigenvalue weighted by atomic mass is 19.1. The molecule has 140 valence electrons. The van der Waals surface area contributed by atoms with Gasteiger partial charge in [0.15, 0.2) is 5.82 Å². The first-order chi connectivity index (χ1) is 13.2. The standard InChI is InChI=1S/C19H21FN6O/c20-16-5-3-15(4-6-16)14-24-8-2-9-25(12-11-24)18(27)13-17-22-19-21-7-1-10-26(19)23-17/h1,3-7,10H,2,8-9,11-14H2. The number of carbonyl (C=O) groups is 1. The van der Waals surface area contributed by atoms with E-state index in [-0.39, 0.29) is 18.1 Å². The second-order valence-corrected chi connectivity index (χ2v) is 6.71. The van der Waals surface area contributed by atoms with Crippen LogP contribution in [0.5, 0.6) is 0 Å². The molecular formula is C19H21FN6O. The van der Waals surface area contributed by atoms with E-state index in [2.05, 4.69) is 20.0 Å². The lowest BCUT2D eigenvalue weighted by molar-refractivity contribution is -0.130. The SMILES string of the molecule is O=C(Cc1nc2ncccn2n1)N1CCCN(Cc2ccc(F)cc2)CC1. The minimum Gasteiger partial charge on any atom is -0.341 e. The quantitative estimate of drug-likeness (QED) is 0.699. The summed E-state index contributed by atoms with van der Waals surface area (Å²) in [4.78, 5) is 25.3. The third-order valence-electron chi connectivity index (χ3n) is 4.73. The van der Waals surface area contributed by atoms with Crippen molar-refractivity contribution >= 4 is 11.7 Å². The Labute approximate surface area is 156 Å². The zero-order valence-electron chi connectivity index (χ0n) is 15.0. The van der Waals surface area contributed by atoms with E-state index in [0.29, 0.717) is 18.1 Å². The molecule has 2 aromatic heterocycles. The van der Waals surface area contributed by atoms with Crippen LogP contribution in [0.1, 0.15) is 17.8 Å². The summed E-state index contributed by atoms with van der Waals surface area (Å²) in [6.45, 7) is 3.87. The van der Waals surface area contributed by atoms with Gasteiger partial charge in [0.05, 0.1) is 6.42 Å².